The molecular formula is C13H19ClFN. The average molecular weight is 244 g/mol. The molecule has 0 fully saturated rings. The zero-order valence-corrected chi connectivity index (χ0v) is 10.8. The molecule has 0 unspecified atom stereocenters. The van der Waals surface area contributed by atoms with Crippen LogP contribution in [0, 0.1) is 18.7 Å². The van der Waals surface area contributed by atoms with Crippen molar-refractivity contribution in [2.24, 2.45) is 11.7 Å². The topological polar surface area (TPSA) is 26.0 Å². The maximum atomic E-state index is 13.9. The highest BCUT2D eigenvalue weighted by molar-refractivity contribution is 6.31. The number of halogens is 2. The molecule has 1 aromatic carbocycles. The lowest BCUT2D eigenvalue weighted by molar-refractivity contribution is 0.489. The van der Waals surface area contributed by atoms with Crippen molar-refractivity contribution in [3.8, 4) is 0 Å². The molecule has 16 heavy (non-hydrogen) atoms. The molecule has 0 bridgehead atoms. The van der Waals surface area contributed by atoms with Crippen molar-refractivity contribution >= 4 is 11.6 Å². The van der Waals surface area contributed by atoms with Gasteiger partial charge in [0.2, 0.25) is 0 Å². The standard InChI is InChI=1S/C13H19ClFN/c1-8(2)4-7-11(16)12-10(14)6-5-9(3)13(12)15/h5-6,8,11H,4,7,16H2,1-3H3/t11-/m1/s1. The first-order valence-electron chi connectivity index (χ1n) is 5.63. The molecule has 1 nitrogen and oxygen atoms in total. The van der Waals surface area contributed by atoms with Gasteiger partial charge >= 0.3 is 0 Å². The summed E-state index contributed by atoms with van der Waals surface area (Å²) in [5.74, 6) is 0.307. The number of rotatable bonds is 4. The molecule has 0 aliphatic rings. The third kappa shape index (κ3) is 3.19. The molecule has 0 saturated heterocycles. The molecule has 1 rings (SSSR count). The van der Waals surface area contributed by atoms with E-state index in [4.69, 9.17) is 17.3 Å². The Morgan fingerprint density at radius 1 is 1.31 bits per heavy atom. The number of aryl methyl sites for hydroxylation is 1. The number of hydrogen-bond acceptors (Lipinski definition) is 1. The van der Waals surface area contributed by atoms with Gasteiger partial charge in [-0.2, -0.15) is 0 Å². The van der Waals surface area contributed by atoms with Gasteiger partial charge in [0.05, 0.1) is 0 Å². The lowest BCUT2D eigenvalue weighted by Gasteiger charge is -2.16. The lowest BCUT2D eigenvalue weighted by atomic mass is 9.96. The van der Waals surface area contributed by atoms with E-state index in [0.29, 0.717) is 22.1 Å². The Bertz CT molecular complexity index is 363. The van der Waals surface area contributed by atoms with E-state index in [-0.39, 0.29) is 11.9 Å². The third-order valence-electron chi connectivity index (χ3n) is 2.75. The number of hydrogen-bond donors (Lipinski definition) is 1. The summed E-state index contributed by atoms with van der Waals surface area (Å²) >= 11 is 5.99. The maximum absolute atomic E-state index is 13.9. The van der Waals surface area contributed by atoms with Gasteiger partial charge in [-0.3, -0.25) is 0 Å². The first kappa shape index (κ1) is 13.5. The minimum atomic E-state index is -0.310. The van der Waals surface area contributed by atoms with Crippen LogP contribution in [0.2, 0.25) is 5.02 Å². The van der Waals surface area contributed by atoms with Crippen LogP contribution in [0.25, 0.3) is 0 Å². The van der Waals surface area contributed by atoms with Crippen LogP contribution < -0.4 is 5.73 Å². The third-order valence-corrected chi connectivity index (χ3v) is 3.08. The highest BCUT2D eigenvalue weighted by Gasteiger charge is 2.17. The van der Waals surface area contributed by atoms with E-state index < -0.39 is 0 Å². The van der Waals surface area contributed by atoms with Crippen molar-refractivity contribution in [2.45, 2.75) is 39.7 Å². The highest BCUT2D eigenvalue weighted by atomic mass is 35.5. The van der Waals surface area contributed by atoms with Gasteiger partial charge in [0.1, 0.15) is 5.82 Å². The van der Waals surface area contributed by atoms with E-state index in [0.717, 1.165) is 12.8 Å². The molecule has 0 aliphatic carbocycles. The van der Waals surface area contributed by atoms with Crippen LogP contribution in [0.4, 0.5) is 4.39 Å². The van der Waals surface area contributed by atoms with Crippen molar-refractivity contribution in [2.75, 3.05) is 0 Å². The molecule has 1 aromatic rings. The lowest BCUT2D eigenvalue weighted by Crippen LogP contribution is -2.14. The summed E-state index contributed by atoms with van der Waals surface area (Å²) in [5, 5.41) is 0.430. The molecule has 0 saturated carbocycles. The maximum Gasteiger partial charge on any atom is 0.132 e. The molecule has 0 aromatic heterocycles. The van der Waals surface area contributed by atoms with Gasteiger partial charge in [0.15, 0.2) is 0 Å². The molecule has 0 amide bonds. The molecule has 0 heterocycles. The van der Waals surface area contributed by atoms with Crippen molar-refractivity contribution < 1.29 is 4.39 Å². The van der Waals surface area contributed by atoms with Crippen molar-refractivity contribution in [1.29, 1.82) is 0 Å². The fraction of sp³-hybridized carbons (Fsp3) is 0.538. The van der Waals surface area contributed by atoms with E-state index in [9.17, 15) is 4.39 Å². The monoisotopic (exact) mass is 243 g/mol. The fourth-order valence-corrected chi connectivity index (χ4v) is 1.96. The Hall–Kier alpha value is -0.600. The minimum Gasteiger partial charge on any atom is -0.324 e. The number of nitrogens with two attached hydrogens (primary N) is 1. The smallest absolute Gasteiger partial charge is 0.132 e. The predicted octanol–water partition coefficient (Wildman–Crippen LogP) is 4.22. The summed E-state index contributed by atoms with van der Waals surface area (Å²) < 4.78 is 13.9. The quantitative estimate of drug-likeness (QED) is 0.842. The SMILES string of the molecule is Cc1ccc(Cl)c([C@H](N)CCC(C)C)c1F. The van der Waals surface area contributed by atoms with E-state index in [1.165, 1.54) is 0 Å². The van der Waals surface area contributed by atoms with Gasteiger partial charge in [0.25, 0.3) is 0 Å². The fourth-order valence-electron chi connectivity index (χ4n) is 1.68. The highest BCUT2D eigenvalue weighted by Crippen LogP contribution is 2.29. The molecule has 90 valence electrons. The molecule has 1 atom stereocenters. The number of benzene rings is 1. The van der Waals surface area contributed by atoms with Crippen molar-refractivity contribution in [3.63, 3.8) is 0 Å². The van der Waals surface area contributed by atoms with E-state index >= 15 is 0 Å². The average Bonchev–Trinajstić information content (AvgIpc) is 2.21. The normalized spacial score (nSPS) is 13.2. The summed E-state index contributed by atoms with van der Waals surface area (Å²) in [6.45, 7) is 5.98. The summed E-state index contributed by atoms with van der Waals surface area (Å²) in [6.07, 6.45) is 1.74. The van der Waals surface area contributed by atoms with E-state index in [1.54, 1.807) is 19.1 Å². The van der Waals surface area contributed by atoms with Gasteiger partial charge in [-0.25, -0.2) is 4.39 Å². The van der Waals surface area contributed by atoms with Crippen LogP contribution in [0.5, 0.6) is 0 Å². The Morgan fingerprint density at radius 3 is 2.50 bits per heavy atom. The van der Waals surface area contributed by atoms with Crippen LogP contribution in [0.1, 0.15) is 43.9 Å². The molecular weight excluding hydrogens is 225 g/mol. The largest absolute Gasteiger partial charge is 0.324 e. The Morgan fingerprint density at radius 2 is 1.94 bits per heavy atom. The summed E-state index contributed by atoms with van der Waals surface area (Å²) in [5.41, 5.74) is 7.05. The van der Waals surface area contributed by atoms with E-state index in [2.05, 4.69) is 13.8 Å². The van der Waals surface area contributed by atoms with Crippen molar-refractivity contribution in [3.05, 3.63) is 34.1 Å². The summed E-state index contributed by atoms with van der Waals surface area (Å²) in [4.78, 5) is 0. The van der Waals surface area contributed by atoms with E-state index in [1.807, 2.05) is 0 Å². The van der Waals surface area contributed by atoms with Crippen LogP contribution in [0.15, 0.2) is 12.1 Å². The first-order chi connectivity index (χ1) is 7.43. The van der Waals surface area contributed by atoms with Gasteiger partial charge in [0, 0.05) is 16.6 Å². The van der Waals surface area contributed by atoms with Crippen LogP contribution in [0.3, 0.4) is 0 Å². The molecule has 0 spiro atoms. The van der Waals surface area contributed by atoms with Crippen LogP contribution >= 0.6 is 11.6 Å². The zero-order valence-electron chi connectivity index (χ0n) is 10.1. The summed E-state index contributed by atoms with van der Waals surface area (Å²) in [6, 6.07) is 3.08. The Kier molecular flexibility index (Phi) is 4.75. The van der Waals surface area contributed by atoms with Gasteiger partial charge in [-0.05, 0) is 37.3 Å². The zero-order chi connectivity index (χ0) is 12.3. The first-order valence-corrected chi connectivity index (χ1v) is 6.01. The molecule has 0 aliphatic heterocycles. The van der Waals surface area contributed by atoms with Crippen molar-refractivity contribution in [1.82, 2.24) is 0 Å². The van der Waals surface area contributed by atoms with Gasteiger partial charge in [-0.1, -0.05) is 31.5 Å². The van der Waals surface area contributed by atoms with Crippen LogP contribution in [-0.4, -0.2) is 0 Å². The minimum absolute atomic E-state index is 0.260. The Balaban J connectivity index is 2.90. The molecule has 3 heteroatoms. The molecule has 2 N–H and O–H groups in total. The van der Waals surface area contributed by atoms with Gasteiger partial charge < -0.3 is 5.73 Å². The summed E-state index contributed by atoms with van der Waals surface area (Å²) in [7, 11) is 0. The second-order valence-corrected chi connectivity index (χ2v) is 5.08. The van der Waals surface area contributed by atoms with Gasteiger partial charge in [-0.15, -0.1) is 0 Å². The van der Waals surface area contributed by atoms with Crippen LogP contribution in [-0.2, 0) is 0 Å². The Labute approximate surface area is 102 Å². The second kappa shape index (κ2) is 5.65. The second-order valence-electron chi connectivity index (χ2n) is 4.67. The predicted molar refractivity (Wildman–Crippen MR) is 67.1 cm³/mol. The molecule has 0 radical (unpaired) electrons.